The molecule has 0 heterocycles. The highest BCUT2D eigenvalue weighted by Crippen LogP contribution is 2.00. The van der Waals surface area contributed by atoms with Crippen molar-refractivity contribution in [3.05, 3.63) is 24.9 Å². The summed E-state index contributed by atoms with van der Waals surface area (Å²) in [5, 5.41) is 2.98. The quantitative estimate of drug-likeness (QED) is 0.577. The van der Waals surface area contributed by atoms with Gasteiger partial charge in [0.1, 0.15) is 0 Å². The summed E-state index contributed by atoms with van der Waals surface area (Å²) >= 11 is 0. The summed E-state index contributed by atoms with van der Waals surface area (Å²) in [5.74, 6) is 0.108. The maximum atomic E-state index is 11.1. The highest BCUT2D eigenvalue weighted by atomic mass is 16.1. The molecule has 74 valence electrons. The van der Waals surface area contributed by atoms with Crippen molar-refractivity contribution in [1.29, 1.82) is 0 Å². The molecule has 0 rings (SSSR count). The SMILES string of the molecule is C=CC(=C)NC(CCCN)C(C)=O. The molecular formula is C10H18N2O. The number of nitrogens with one attached hydrogen (secondary N) is 1. The molecular weight excluding hydrogens is 164 g/mol. The van der Waals surface area contributed by atoms with E-state index in [0.717, 1.165) is 12.8 Å². The summed E-state index contributed by atoms with van der Waals surface area (Å²) in [6.07, 6.45) is 3.18. The lowest BCUT2D eigenvalue weighted by molar-refractivity contribution is -0.118. The molecule has 1 unspecified atom stereocenters. The normalized spacial score (nSPS) is 11.8. The third-order valence-corrected chi connectivity index (χ3v) is 1.79. The Morgan fingerprint density at radius 3 is 2.69 bits per heavy atom. The van der Waals surface area contributed by atoms with Crippen LogP contribution in [0.15, 0.2) is 24.9 Å². The highest BCUT2D eigenvalue weighted by molar-refractivity contribution is 5.81. The lowest BCUT2D eigenvalue weighted by Gasteiger charge is -2.16. The van der Waals surface area contributed by atoms with Crippen LogP contribution in [0.4, 0.5) is 0 Å². The monoisotopic (exact) mass is 182 g/mol. The Labute approximate surface area is 79.7 Å². The third kappa shape index (κ3) is 5.20. The summed E-state index contributed by atoms with van der Waals surface area (Å²) in [7, 11) is 0. The first-order chi connectivity index (χ1) is 6.11. The molecule has 0 radical (unpaired) electrons. The van der Waals surface area contributed by atoms with Gasteiger partial charge in [-0.15, -0.1) is 0 Å². The summed E-state index contributed by atoms with van der Waals surface area (Å²) in [5.41, 5.74) is 6.04. The van der Waals surface area contributed by atoms with Gasteiger partial charge in [-0.2, -0.15) is 0 Å². The van der Waals surface area contributed by atoms with E-state index in [1.807, 2.05) is 0 Å². The molecule has 0 saturated carbocycles. The van der Waals surface area contributed by atoms with Crippen molar-refractivity contribution in [1.82, 2.24) is 5.32 Å². The second kappa shape index (κ2) is 6.43. The number of allylic oxidation sites excluding steroid dienone is 1. The van der Waals surface area contributed by atoms with Crippen molar-refractivity contribution in [2.45, 2.75) is 25.8 Å². The Bertz CT molecular complexity index is 199. The fourth-order valence-corrected chi connectivity index (χ4v) is 0.982. The van der Waals surface area contributed by atoms with Crippen LogP contribution in [-0.2, 0) is 4.79 Å². The first-order valence-electron chi connectivity index (χ1n) is 4.40. The second-order valence-electron chi connectivity index (χ2n) is 2.97. The average Bonchev–Trinajstić information content (AvgIpc) is 2.11. The van der Waals surface area contributed by atoms with Gasteiger partial charge < -0.3 is 11.1 Å². The van der Waals surface area contributed by atoms with Gasteiger partial charge in [0.15, 0.2) is 5.78 Å². The number of carbonyl (C=O) groups excluding carboxylic acids is 1. The largest absolute Gasteiger partial charge is 0.376 e. The van der Waals surface area contributed by atoms with E-state index in [-0.39, 0.29) is 11.8 Å². The zero-order valence-electron chi connectivity index (χ0n) is 8.18. The minimum absolute atomic E-state index is 0.108. The van der Waals surface area contributed by atoms with Crippen molar-refractivity contribution in [3.8, 4) is 0 Å². The van der Waals surface area contributed by atoms with E-state index in [2.05, 4.69) is 18.5 Å². The van der Waals surface area contributed by atoms with Crippen molar-refractivity contribution in [2.24, 2.45) is 5.73 Å². The molecule has 0 aromatic carbocycles. The number of Topliss-reactive ketones (excluding diaryl/α,β-unsaturated/α-hetero) is 1. The molecule has 0 fully saturated rings. The fourth-order valence-electron chi connectivity index (χ4n) is 0.982. The first-order valence-corrected chi connectivity index (χ1v) is 4.40. The summed E-state index contributed by atoms with van der Waals surface area (Å²) in [6, 6.07) is -0.172. The molecule has 0 aliphatic carbocycles. The lowest BCUT2D eigenvalue weighted by Crippen LogP contribution is -2.34. The van der Waals surface area contributed by atoms with Crippen LogP contribution in [0.25, 0.3) is 0 Å². The molecule has 0 aromatic rings. The number of hydrogen-bond donors (Lipinski definition) is 2. The van der Waals surface area contributed by atoms with Crippen molar-refractivity contribution in [2.75, 3.05) is 6.54 Å². The molecule has 1 atom stereocenters. The van der Waals surface area contributed by atoms with Gasteiger partial charge in [0.05, 0.1) is 6.04 Å². The molecule has 13 heavy (non-hydrogen) atoms. The Morgan fingerprint density at radius 2 is 2.31 bits per heavy atom. The van der Waals surface area contributed by atoms with Gasteiger partial charge >= 0.3 is 0 Å². The van der Waals surface area contributed by atoms with Gasteiger partial charge in [-0.3, -0.25) is 4.79 Å². The van der Waals surface area contributed by atoms with Gasteiger partial charge in [0, 0.05) is 5.70 Å². The standard InChI is InChI=1S/C10H18N2O/c1-4-8(2)12-10(9(3)13)6-5-7-11/h4,10,12H,1-2,5-7,11H2,3H3. The van der Waals surface area contributed by atoms with Gasteiger partial charge in [-0.1, -0.05) is 13.2 Å². The van der Waals surface area contributed by atoms with Crippen molar-refractivity contribution >= 4 is 5.78 Å². The number of hydrogen-bond acceptors (Lipinski definition) is 3. The Balaban J connectivity index is 4.01. The van der Waals surface area contributed by atoms with Crippen LogP contribution in [0.3, 0.4) is 0 Å². The van der Waals surface area contributed by atoms with Gasteiger partial charge in [0.25, 0.3) is 0 Å². The molecule has 0 spiro atoms. The first kappa shape index (κ1) is 11.9. The minimum Gasteiger partial charge on any atom is -0.376 e. The molecule has 0 aromatic heterocycles. The Kier molecular flexibility index (Phi) is 5.89. The maximum Gasteiger partial charge on any atom is 0.151 e. The van der Waals surface area contributed by atoms with Crippen LogP contribution in [-0.4, -0.2) is 18.4 Å². The average molecular weight is 182 g/mol. The number of rotatable bonds is 7. The topological polar surface area (TPSA) is 55.1 Å². The van der Waals surface area contributed by atoms with E-state index in [1.165, 1.54) is 0 Å². The molecule has 0 saturated heterocycles. The van der Waals surface area contributed by atoms with Gasteiger partial charge in [-0.05, 0) is 32.4 Å². The second-order valence-corrected chi connectivity index (χ2v) is 2.97. The molecule has 3 heteroatoms. The van der Waals surface area contributed by atoms with Crippen LogP contribution in [0.5, 0.6) is 0 Å². The van der Waals surface area contributed by atoms with Crippen LogP contribution in [0, 0.1) is 0 Å². The van der Waals surface area contributed by atoms with E-state index in [1.54, 1.807) is 13.0 Å². The Hall–Kier alpha value is -1.09. The molecule has 0 bridgehead atoms. The molecule has 3 nitrogen and oxygen atoms in total. The van der Waals surface area contributed by atoms with Crippen molar-refractivity contribution in [3.63, 3.8) is 0 Å². The van der Waals surface area contributed by atoms with E-state index in [4.69, 9.17) is 5.73 Å². The van der Waals surface area contributed by atoms with Gasteiger partial charge in [0.2, 0.25) is 0 Å². The molecule has 0 amide bonds. The highest BCUT2D eigenvalue weighted by Gasteiger charge is 2.12. The number of nitrogens with two attached hydrogens (primary N) is 1. The third-order valence-electron chi connectivity index (χ3n) is 1.79. The van der Waals surface area contributed by atoms with Crippen LogP contribution in [0.1, 0.15) is 19.8 Å². The maximum absolute atomic E-state index is 11.1. The minimum atomic E-state index is -0.172. The smallest absolute Gasteiger partial charge is 0.151 e. The Morgan fingerprint density at radius 1 is 1.69 bits per heavy atom. The fraction of sp³-hybridized carbons (Fsp3) is 0.500. The number of ketones is 1. The van der Waals surface area contributed by atoms with E-state index in [0.29, 0.717) is 12.2 Å². The van der Waals surface area contributed by atoms with Crippen LogP contribution < -0.4 is 11.1 Å². The van der Waals surface area contributed by atoms with Crippen LogP contribution >= 0.6 is 0 Å². The lowest BCUT2D eigenvalue weighted by atomic mass is 10.1. The van der Waals surface area contributed by atoms with E-state index < -0.39 is 0 Å². The van der Waals surface area contributed by atoms with Gasteiger partial charge in [-0.25, -0.2) is 0 Å². The molecule has 3 N–H and O–H groups in total. The van der Waals surface area contributed by atoms with E-state index >= 15 is 0 Å². The number of carbonyl (C=O) groups is 1. The van der Waals surface area contributed by atoms with Crippen LogP contribution in [0.2, 0.25) is 0 Å². The summed E-state index contributed by atoms with van der Waals surface area (Å²) in [4.78, 5) is 11.1. The summed E-state index contributed by atoms with van der Waals surface area (Å²) in [6.45, 7) is 9.41. The predicted molar refractivity (Wildman–Crippen MR) is 55.2 cm³/mol. The zero-order valence-corrected chi connectivity index (χ0v) is 8.18. The molecule has 0 aliphatic rings. The molecule has 0 aliphatic heterocycles. The predicted octanol–water partition coefficient (Wildman–Crippen LogP) is 0.972. The van der Waals surface area contributed by atoms with E-state index in [9.17, 15) is 4.79 Å². The van der Waals surface area contributed by atoms with Crippen molar-refractivity contribution < 1.29 is 4.79 Å². The summed E-state index contributed by atoms with van der Waals surface area (Å²) < 4.78 is 0. The zero-order chi connectivity index (χ0) is 10.3.